The number of ether oxygens (including phenoxy) is 1. The average Bonchev–Trinajstić information content (AvgIpc) is 3.03. The molecule has 1 saturated heterocycles. The van der Waals surface area contributed by atoms with E-state index in [1.807, 2.05) is 4.90 Å². The van der Waals surface area contributed by atoms with E-state index in [2.05, 4.69) is 25.8 Å². The number of thiocarbonyl (C=S) groups is 1. The maximum atomic E-state index is 11.8. The van der Waals surface area contributed by atoms with Gasteiger partial charge in [-0.1, -0.05) is 12.2 Å². The van der Waals surface area contributed by atoms with Gasteiger partial charge in [-0.05, 0) is 5.21 Å². The summed E-state index contributed by atoms with van der Waals surface area (Å²) in [6.07, 6.45) is 1.40. The Balaban J connectivity index is 2.04. The molecular weight excluding hydrogens is 324 g/mol. The molecule has 1 aliphatic rings. The third-order valence-corrected chi connectivity index (χ3v) is 3.45. The number of hydrogen-bond acceptors (Lipinski definition) is 6. The average molecular weight is 338 g/mol. The monoisotopic (exact) mass is 338 g/mol. The molecule has 1 aliphatic heterocycles. The van der Waals surface area contributed by atoms with Gasteiger partial charge in [0.15, 0.2) is 0 Å². The van der Waals surface area contributed by atoms with Gasteiger partial charge in [-0.25, -0.2) is 5.43 Å². The van der Waals surface area contributed by atoms with Crippen LogP contribution in [0.5, 0.6) is 0 Å². The molecule has 11 nitrogen and oxygen atoms in total. The lowest BCUT2D eigenvalue weighted by atomic mass is 10.3. The molecule has 2 rings (SSSR count). The van der Waals surface area contributed by atoms with Crippen molar-refractivity contribution in [1.82, 2.24) is 25.3 Å². The number of amides is 2. The smallest absolute Gasteiger partial charge is 0.378 e. The van der Waals surface area contributed by atoms with Crippen LogP contribution in [0.15, 0.2) is 6.20 Å². The molecule has 0 spiro atoms. The van der Waals surface area contributed by atoms with Crippen LogP contribution in [0.4, 0.5) is 0 Å². The minimum Gasteiger partial charge on any atom is -0.378 e. The van der Waals surface area contributed by atoms with Crippen molar-refractivity contribution in [2.24, 2.45) is 0 Å². The minimum atomic E-state index is -0.944. The lowest BCUT2D eigenvalue weighted by molar-refractivity contribution is -0.124. The number of carbonyl (C=O) groups excluding carboxylic acids is 2. The van der Waals surface area contributed by atoms with Gasteiger partial charge in [0.1, 0.15) is 10.7 Å². The fraction of sp³-hybridized carbons (Fsp3) is 0.455. The Labute approximate surface area is 136 Å². The summed E-state index contributed by atoms with van der Waals surface area (Å²) in [4.78, 5) is 29.2. The number of carbonyl (C=O) groups is 2. The van der Waals surface area contributed by atoms with Crippen LogP contribution in [0.3, 0.4) is 0 Å². The first-order chi connectivity index (χ1) is 11.1. The van der Waals surface area contributed by atoms with Crippen LogP contribution >= 0.6 is 12.2 Å². The molecular formula is C11H14N8O3S. The molecule has 0 aliphatic carbocycles. The molecule has 2 heterocycles. The maximum Gasteiger partial charge on any atom is 0.444 e. The number of hydrogen-bond donors (Lipinski definition) is 2. The van der Waals surface area contributed by atoms with Crippen LogP contribution in [-0.2, 0) is 14.3 Å². The van der Waals surface area contributed by atoms with Gasteiger partial charge in [-0.2, -0.15) is 9.58 Å². The predicted octanol–water partition coefficient (Wildman–Crippen LogP) is -2.23. The standard InChI is InChI=1S/C11H14N8O3S/c1-13-9(20)8(14-12)10(21)16-19-6-7(15-17-19)11(23)18-2-4-22-5-3-18/h6H,2-5H2,1H3,(H,13,20)(H,16,21). The van der Waals surface area contributed by atoms with E-state index in [9.17, 15) is 9.59 Å². The predicted molar refractivity (Wildman–Crippen MR) is 81.2 cm³/mol. The van der Waals surface area contributed by atoms with Crippen molar-refractivity contribution >= 4 is 34.7 Å². The second-order valence-corrected chi connectivity index (χ2v) is 4.81. The van der Waals surface area contributed by atoms with Gasteiger partial charge in [0.25, 0.3) is 0 Å². The first-order valence-corrected chi connectivity index (χ1v) is 7.02. The van der Waals surface area contributed by atoms with E-state index in [1.54, 1.807) is 0 Å². The summed E-state index contributed by atoms with van der Waals surface area (Å²) in [6, 6.07) is 0. The van der Waals surface area contributed by atoms with Crippen molar-refractivity contribution in [2.45, 2.75) is 0 Å². The summed E-state index contributed by atoms with van der Waals surface area (Å²) in [5, 5.41) is 9.74. The number of nitrogens with zero attached hydrogens (tertiary/aromatic N) is 6. The van der Waals surface area contributed by atoms with Crippen LogP contribution < -0.4 is 10.7 Å². The fourth-order valence-corrected chi connectivity index (χ4v) is 2.09. The molecule has 23 heavy (non-hydrogen) atoms. The topological polar surface area (TPSA) is 138 Å². The SMILES string of the molecule is CNC(=O)C(=[N+]=[N-])C(=O)Nn1cc(C(=S)N2CCOCC2)nn1. The van der Waals surface area contributed by atoms with Crippen LogP contribution in [0.2, 0.25) is 0 Å². The molecule has 0 saturated carbocycles. The molecule has 2 N–H and O–H groups in total. The molecule has 0 atom stereocenters. The van der Waals surface area contributed by atoms with Crippen LogP contribution in [-0.4, -0.2) is 80.7 Å². The van der Waals surface area contributed by atoms with Gasteiger partial charge >= 0.3 is 17.5 Å². The highest BCUT2D eigenvalue weighted by Gasteiger charge is 2.29. The molecule has 1 aromatic heterocycles. The molecule has 0 unspecified atom stereocenters. The molecule has 1 aromatic rings. The highest BCUT2D eigenvalue weighted by Crippen LogP contribution is 2.05. The molecule has 12 heteroatoms. The first kappa shape index (κ1) is 16.7. The van der Waals surface area contributed by atoms with Crippen molar-refractivity contribution in [1.29, 1.82) is 0 Å². The Morgan fingerprint density at radius 2 is 2.09 bits per heavy atom. The van der Waals surface area contributed by atoms with Crippen LogP contribution in [0, 0.1) is 0 Å². The Morgan fingerprint density at radius 3 is 2.70 bits per heavy atom. The third-order valence-electron chi connectivity index (χ3n) is 2.98. The summed E-state index contributed by atoms with van der Waals surface area (Å²) in [7, 11) is 1.30. The zero-order valence-corrected chi connectivity index (χ0v) is 13.0. The number of aromatic nitrogens is 3. The molecule has 0 radical (unpaired) electrons. The van der Waals surface area contributed by atoms with Gasteiger partial charge in [-0.3, -0.25) is 9.59 Å². The van der Waals surface area contributed by atoms with Gasteiger partial charge < -0.3 is 20.5 Å². The molecule has 0 aromatic carbocycles. The summed E-state index contributed by atoms with van der Waals surface area (Å²) in [5.41, 5.74) is 10.6. The first-order valence-electron chi connectivity index (χ1n) is 6.61. The molecule has 0 bridgehead atoms. The number of nitrogens with one attached hydrogen (secondary N) is 2. The second kappa shape index (κ2) is 7.54. The van der Waals surface area contributed by atoms with Gasteiger partial charge in [0.05, 0.1) is 19.4 Å². The van der Waals surface area contributed by atoms with Crippen LogP contribution in [0.25, 0.3) is 5.53 Å². The normalized spacial score (nSPS) is 13.9. The zero-order chi connectivity index (χ0) is 16.8. The van der Waals surface area contributed by atoms with Crippen molar-refractivity contribution in [2.75, 3.05) is 38.8 Å². The Morgan fingerprint density at radius 1 is 1.39 bits per heavy atom. The van der Waals surface area contributed by atoms with Gasteiger partial charge in [-0.15, -0.1) is 5.10 Å². The summed E-state index contributed by atoms with van der Waals surface area (Å²) in [6.45, 7) is 2.45. The molecule has 1 fully saturated rings. The van der Waals surface area contributed by atoms with E-state index in [-0.39, 0.29) is 0 Å². The van der Waals surface area contributed by atoms with Gasteiger partial charge in [0.2, 0.25) is 0 Å². The van der Waals surface area contributed by atoms with E-state index in [0.717, 1.165) is 4.79 Å². The van der Waals surface area contributed by atoms with E-state index in [1.165, 1.54) is 13.2 Å². The Hall–Kier alpha value is -2.69. The second-order valence-electron chi connectivity index (χ2n) is 4.42. The highest BCUT2D eigenvalue weighted by atomic mass is 32.1. The Bertz CT molecular complexity index is 675. The Kier molecular flexibility index (Phi) is 5.46. The minimum absolute atomic E-state index is 0.393. The van der Waals surface area contributed by atoms with Crippen molar-refractivity contribution in [3.8, 4) is 0 Å². The summed E-state index contributed by atoms with van der Waals surface area (Å²) < 4.78 is 5.24. The quantitative estimate of drug-likeness (QED) is 0.208. The molecule has 122 valence electrons. The van der Waals surface area contributed by atoms with Crippen molar-refractivity contribution in [3.63, 3.8) is 0 Å². The summed E-state index contributed by atoms with van der Waals surface area (Å²) in [5.74, 6) is -1.78. The van der Waals surface area contributed by atoms with Crippen molar-refractivity contribution < 1.29 is 19.1 Å². The zero-order valence-electron chi connectivity index (χ0n) is 12.2. The van der Waals surface area contributed by atoms with Gasteiger partial charge in [0, 0.05) is 20.1 Å². The summed E-state index contributed by atoms with van der Waals surface area (Å²) >= 11 is 5.32. The number of rotatable bonds is 4. The van der Waals surface area contributed by atoms with E-state index in [4.69, 9.17) is 22.5 Å². The van der Waals surface area contributed by atoms with E-state index >= 15 is 0 Å². The lowest BCUT2D eigenvalue weighted by Crippen LogP contribution is -2.41. The highest BCUT2D eigenvalue weighted by molar-refractivity contribution is 7.80. The van der Waals surface area contributed by atoms with E-state index in [0.29, 0.717) is 37.0 Å². The largest absolute Gasteiger partial charge is 0.444 e. The van der Waals surface area contributed by atoms with Crippen LogP contribution in [0.1, 0.15) is 5.69 Å². The third kappa shape index (κ3) is 3.94. The van der Waals surface area contributed by atoms with E-state index < -0.39 is 17.5 Å². The lowest BCUT2D eigenvalue weighted by Gasteiger charge is -2.27. The maximum absolute atomic E-state index is 11.8. The molecule has 2 amide bonds. The number of morpholine rings is 1. The fourth-order valence-electron chi connectivity index (χ4n) is 1.81. The van der Waals surface area contributed by atoms with Crippen molar-refractivity contribution in [3.05, 3.63) is 17.4 Å².